The molecule has 0 saturated carbocycles. The van der Waals surface area contributed by atoms with E-state index in [-0.39, 0.29) is 12.1 Å². The van der Waals surface area contributed by atoms with Gasteiger partial charge in [-0.05, 0) is 12.0 Å². The minimum atomic E-state index is -6.03. The van der Waals surface area contributed by atoms with Crippen molar-refractivity contribution in [2.45, 2.75) is 24.9 Å². The van der Waals surface area contributed by atoms with E-state index in [1.165, 1.54) is 24.3 Å². The maximum atomic E-state index is 12.7. The highest BCUT2D eigenvalue weighted by molar-refractivity contribution is 6.10. The van der Waals surface area contributed by atoms with E-state index in [0.717, 1.165) is 0 Å². The van der Waals surface area contributed by atoms with Crippen LogP contribution in [0.3, 0.4) is 0 Å². The van der Waals surface area contributed by atoms with Crippen LogP contribution in [0.2, 0.25) is 0 Å². The van der Waals surface area contributed by atoms with E-state index in [2.05, 4.69) is 5.18 Å². The quantitative estimate of drug-likeness (QED) is 0.335. The first kappa shape index (κ1) is 17.9. The van der Waals surface area contributed by atoms with Gasteiger partial charge in [0.25, 0.3) is 0 Å². The van der Waals surface area contributed by atoms with Crippen LogP contribution in [-0.2, 0) is 11.2 Å². The molecule has 0 heterocycles. The van der Waals surface area contributed by atoms with Gasteiger partial charge in [0.1, 0.15) is 0 Å². The molecular weight excluding hydrogens is 313 g/mol. The lowest BCUT2D eigenvalue weighted by Crippen LogP contribution is -2.44. The Morgan fingerprint density at radius 2 is 1.55 bits per heavy atom. The largest absolute Gasteiger partial charge is 0.461 e. The number of Topliss-reactive ketones (excluding diaryl/α,β-unsaturated/α-hetero) is 2. The van der Waals surface area contributed by atoms with Crippen LogP contribution in [0.1, 0.15) is 22.3 Å². The number of carbonyl (C=O) groups is 2. The monoisotopic (exact) mass is 323 g/mol. The second kappa shape index (κ2) is 6.71. The molecule has 120 valence electrons. The number of hydrogen-bond donors (Lipinski definition) is 0. The molecule has 0 atom stereocenters. The van der Waals surface area contributed by atoms with Gasteiger partial charge in [-0.25, -0.2) is 0 Å². The summed E-state index contributed by atoms with van der Waals surface area (Å²) in [4.78, 5) is 32.5. The number of halogens is 5. The molecule has 0 spiro atoms. The third-order valence-corrected chi connectivity index (χ3v) is 2.80. The Morgan fingerprint density at radius 3 is 2.00 bits per heavy atom. The van der Waals surface area contributed by atoms with E-state index in [9.17, 15) is 36.4 Å². The first-order valence-corrected chi connectivity index (χ1v) is 5.98. The fraction of sp³-hybridized carbons (Fsp3) is 0.385. The molecule has 0 radical (unpaired) electrons. The van der Waals surface area contributed by atoms with Crippen molar-refractivity contribution in [1.82, 2.24) is 0 Å². The van der Waals surface area contributed by atoms with E-state index in [0.29, 0.717) is 12.0 Å². The van der Waals surface area contributed by atoms with Crippen molar-refractivity contribution in [1.29, 1.82) is 0 Å². The number of rotatable bonds is 7. The molecule has 0 aliphatic heterocycles. The van der Waals surface area contributed by atoms with Gasteiger partial charge in [-0.2, -0.15) is 26.9 Å². The SMILES string of the molecule is O=NCCc1ccc(C(=O)CC(=O)C(F)(F)C(F)(F)F)cc1. The van der Waals surface area contributed by atoms with Gasteiger partial charge in [-0.15, -0.1) is 0 Å². The van der Waals surface area contributed by atoms with Crippen LogP contribution < -0.4 is 0 Å². The van der Waals surface area contributed by atoms with E-state index >= 15 is 0 Å². The third kappa shape index (κ3) is 4.15. The fourth-order valence-electron chi connectivity index (χ4n) is 1.55. The number of benzene rings is 1. The van der Waals surface area contributed by atoms with Crippen molar-refractivity contribution in [3.8, 4) is 0 Å². The molecule has 22 heavy (non-hydrogen) atoms. The van der Waals surface area contributed by atoms with Gasteiger partial charge in [-0.1, -0.05) is 29.4 Å². The van der Waals surface area contributed by atoms with E-state index < -0.39 is 30.1 Å². The minimum absolute atomic E-state index is 0.00356. The van der Waals surface area contributed by atoms with Gasteiger partial charge in [-0.3, -0.25) is 9.59 Å². The molecule has 0 unspecified atom stereocenters. The van der Waals surface area contributed by atoms with Crippen molar-refractivity contribution in [2.75, 3.05) is 6.54 Å². The lowest BCUT2D eigenvalue weighted by Gasteiger charge is -2.17. The standard InChI is InChI=1S/C13H10F5NO3/c14-12(15,13(16,17)18)11(21)7-10(20)9-3-1-8(2-4-9)5-6-19-22/h1-4H,5-7H2. The summed E-state index contributed by atoms with van der Waals surface area (Å²) in [5.41, 5.74) is 0.456. The lowest BCUT2D eigenvalue weighted by molar-refractivity contribution is -0.268. The lowest BCUT2D eigenvalue weighted by atomic mass is 10.0. The Bertz CT molecular complexity index is 566. The molecule has 1 rings (SSSR count). The van der Waals surface area contributed by atoms with Crippen molar-refractivity contribution in [2.24, 2.45) is 5.18 Å². The average Bonchev–Trinajstić information content (AvgIpc) is 2.44. The smallest absolute Gasteiger partial charge is 0.294 e. The third-order valence-electron chi connectivity index (χ3n) is 2.80. The summed E-state index contributed by atoms with van der Waals surface area (Å²) in [6, 6.07) is 5.15. The summed E-state index contributed by atoms with van der Waals surface area (Å²) in [5, 5.41) is 2.63. The van der Waals surface area contributed by atoms with Gasteiger partial charge in [0.2, 0.25) is 5.78 Å². The normalized spacial score (nSPS) is 12.0. The molecule has 1 aromatic carbocycles. The number of nitrogens with zero attached hydrogens (tertiary/aromatic N) is 1. The summed E-state index contributed by atoms with van der Waals surface area (Å²) in [5.74, 6) is -9.20. The summed E-state index contributed by atoms with van der Waals surface area (Å²) in [6.45, 7) is 0.00356. The van der Waals surface area contributed by atoms with E-state index in [1.807, 2.05) is 0 Å². The Labute approximate surface area is 121 Å². The summed E-state index contributed by atoms with van der Waals surface area (Å²) in [7, 11) is 0. The zero-order chi connectivity index (χ0) is 17.0. The Kier molecular flexibility index (Phi) is 5.45. The molecule has 0 aliphatic rings. The fourth-order valence-corrected chi connectivity index (χ4v) is 1.55. The second-order valence-electron chi connectivity index (χ2n) is 4.39. The van der Waals surface area contributed by atoms with Gasteiger partial charge in [0, 0.05) is 5.56 Å². The predicted octanol–water partition coefficient (Wildman–Crippen LogP) is 3.34. The molecule has 1 aromatic rings. The summed E-state index contributed by atoms with van der Waals surface area (Å²) < 4.78 is 61.4. The number of ketones is 2. The Morgan fingerprint density at radius 1 is 1.00 bits per heavy atom. The zero-order valence-electron chi connectivity index (χ0n) is 11.0. The molecule has 0 N–H and O–H groups in total. The van der Waals surface area contributed by atoms with Gasteiger partial charge in [0.05, 0.1) is 13.0 Å². The molecule has 0 fully saturated rings. The zero-order valence-corrected chi connectivity index (χ0v) is 11.0. The van der Waals surface area contributed by atoms with Crippen molar-refractivity contribution < 1.29 is 31.5 Å². The van der Waals surface area contributed by atoms with Crippen LogP contribution in [-0.4, -0.2) is 30.2 Å². The van der Waals surface area contributed by atoms with Crippen LogP contribution in [0.25, 0.3) is 0 Å². The number of alkyl halides is 5. The number of carbonyl (C=O) groups excluding carboxylic acids is 2. The van der Waals surface area contributed by atoms with E-state index in [1.54, 1.807) is 0 Å². The van der Waals surface area contributed by atoms with Crippen LogP contribution in [0.4, 0.5) is 22.0 Å². The molecule has 0 saturated heterocycles. The second-order valence-corrected chi connectivity index (χ2v) is 4.39. The maximum absolute atomic E-state index is 12.7. The molecule has 0 aromatic heterocycles. The van der Waals surface area contributed by atoms with Gasteiger partial charge in [0.15, 0.2) is 5.78 Å². The molecule has 9 heteroatoms. The highest BCUT2D eigenvalue weighted by Gasteiger charge is 2.62. The Balaban J connectivity index is 2.77. The first-order chi connectivity index (χ1) is 10.1. The topological polar surface area (TPSA) is 63.6 Å². The van der Waals surface area contributed by atoms with Crippen molar-refractivity contribution >= 4 is 11.6 Å². The van der Waals surface area contributed by atoms with Crippen LogP contribution in [0.15, 0.2) is 29.4 Å². The molecule has 0 aliphatic carbocycles. The van der Waals surface area contributed by atoms with Crippen LogP contribution in [0.5, 0.6) is 0 Å². The number of nitroso groups, excluding NO2 is 1. The van der Waals surface area contributed by atoms with Crippen LogP contribution >= 0.6 is 0 Å². The summed E-state index contributed by atoms with van der Waals surface area (Å²) >= 11 is 0. The number of hydrogen-bond acceptors (Lipinski definition) is 4. The summed E-state index contributed by atoms with van der Waals surface area (Å²) in [6.07, 6.45) is -7.29. The average molecular weight is 323 g/mol. The first-order valence-electron chi connectivity index (χ1n) is 5.98. The predicted molar refractivity (Wildman–Crippen MR) is 65.8 cm³/mol. The van der Waals surface area contributed by atoms with Crippen molar-refractivity contribution in [3.05, 3.63) is 40.3 Å². The molecule has 0 bridgehead atoms. The van der Waals surface area contributed by atoms with Crippen LogP contribution in [0, 0.1) is 4.91 Å². The highest BCUT2D eigenvalue weighted by Crippen LogP contribution is 2.37. The van der Waals surface area contributed by atoms with Crippen molar-refractivity contribution in [3.63, 3.8) is 0 Å². The molecule has 4 nitrogen and oxygen atoms in total. The Hall–Kier alpha value is -2.19. The van der Waals surface area contributed by atoms with Gasteiger partial charge >= 0.3 is 12.1 Å². The maximum Gasteiger partial charge on any atom is 0.461 e. The molecule has 0 amide bonds. The highest BCUT2D eigenvalue weighted by atomic mass is 19.4. The molecular formula is C13H10F5NO3. The van der Waals surface area contributed by atoms with Gasteiger partial charge < -0.3 is 0 Å². The van der Waals surface area contributed by atoms with E-state index in [4.69, 9.17) is 0 Å². The minimum Gasteiger partial charge on any atom is -0.294 e.